The Kier molecular flexibility index (Phi) is 5.88. The molecule has 150 valence electrons. The number of hydrogen-bond acceptors (Lipinski definition) is 4. The first-order valence-electron chi connectivity index (χ1n) is 8.31. The molecule has 0 aliphatic rings. The van der Waals surface area contributed by atoms with Crippen molar-refractivity contribution in [3.05, 3.63) is 79.2 Å². The van der Waals surface area contributed by atoms with Crippen molar-refractivity contribution in [2.24, 2.45) is 0 Å². The van der Waals surface area contributed by atoms with E-state index in [0.29, 0.717) is 11.4 Å². The molecule has 29 heavy (non-hydrogen) atoms. The van der Waals surface area contributed by atoms with Crippen LogP contribution in [0.2, 0.25) is 0 Å². The Labute approximate surface area is 166 Å². The van der Waals surface area contributed by atoms with E-state index in [4.69, 9.17) is 4.74 Å². The highest BCUT2D eigenvalue weighted by Crippen LogP contribution is 2.32. The van der Waals surface area contributed by atoms with Crippen LogP contribution >= 0.6 is 11.3 Å². The number of anilines is 1. The molecule has 0 fully saturated rings. The quantitative estimate of drug-likeness (QED) is 0.682. The van der Waals surface area contributed by atoms with Crippen LogP contribution in [0.25, 0.3) is 12.2 Å². The molecule has 0 radical (unpaired) electrons. The maximum absolute atomic E-state index is 13.1. The number of benzene rings is 2. The van der Waals surface area contributed by atoms with E-state index in [1.165, 1.54) is 25.3 Å². The van der Waals surface area contributed by atoms with Gasteiger partial charge in [-0.25, -0.2) is 0 Å². The van der Waals surface area contributed by atoms with Crippen molar-refractivity contribution in [3.63, 3.8) is 0 Å². The van der Waals surface area contributed by atoms with Crippen LogP contribution in [0.4, 0.5) is 18.9 Å². The van der Waals surface area contributed by atoms with Gasteiger partial charge in [-0.1, -0.05) is 30.3 Å². The lowest BCUT2D eigenvalue weighted by Crippen LogP contribution is -2.21. The third kappa shape index (κ3) is 4.94. The molecule has 0 atom stereocenters. The van der Waals surface area contributed by atoms with Crippen LogP contribution in [-0.2, 0) is 11.0 Å². The number of aromatic nitrogens is 1. The third-order valence-corrected chi connectivity index (χ3v) is 4.82. The summed E-state index contributed by atoms with van der Waals surface area (Å²) in [5.74, 6) is -0.0547. The van der Waals surface area contributed by atoms with E-state index in [-0.39, 0.29) is 14.8 Å². The van der Waals surface area contributed by atoms with Crippen molar-refractivity contribution >= 4 is 35.1 Å². The first kappa shape index (κ1) is 20.4. The summed E-state index contributed by atoms with van der Waals surface area (Å²) in [5, 5.41) is 2.62. The Morgan fingerprint density at radius 2 is 1.83 bits per heavy atom. The summed E-state index contributed by atoms with van der Waals surface area (Å²) in [6, 6.07) is 11.7. The standard InChI is InChI=1S/C20H15F3N2O3S/c1-28-15-9-5-4-8-14(15)24-17(26)11-18-25-19(27)16(29-18)10-12-6-2-3-7-13(12)20(21,22)23/h2-11H,1H3,(H,24,26)(H,25,27). The number of methoxy groups -OCH3 is 1. The van der Waals surface area contributed by atoms with Crippen molar-refractivity contribution in [2.75, 3.05) is 12.4 Å². The molecule has 0 spiro atoms. The molecule has 2 N–H and O–H groups in total. The van der Waals surface area contributed by atoms with Crippen LogP contribution in [0.5, 0.6) is 5.75 Å². The summed E-state index contributed by atoms with van der Waals surface area (Å²) < 4.78 is 44.8. The summed E-state index contributed by atoms with van der Waals surface area (Å²) in [5.41, 5.74) is -1.10. The lowest BCUT2D eigenvalue weighted by Gasteiger charge is -2.09. The summed E-state index contributed by atoms with van der Waals surface area (Å²) in [6.45, 7) is 0. The van der Waals surface area contributed by atoms with Crippen molar-refractivity contribution in [1.29, 1.82) is 0 Å². The van der Waals surface area contributed by atoms with Gasteiger partial charge in [0.15, 0.2) is 0 Å². The van der Waals surface area contributed by atoms with Gasteiger partial charge in [0.1, 0.15) is 10.4 Å². The van der Waals surface area contributed by atoms with Gasteiger partial charge in [-0.2, -0.15) is 13.2 Å². The van der Waals surface area contributed by atoms with Crippen molar-refractivity contribution in [1.82, 2.24) is 4.98 Å². The third-order valence-electron chi connectivity index (χ3n) is 3.86. The average Bonchev–Trinajstić information content (AvgIpc) is 3.00. The van der Waals surface area contributed by atoms with Crippen LogP contribution in [0.1, 0.15) is 11.1 Å². The largest absolute Gasteiger partial charge is 0.495 e. The zero-order valence-corrected chi connectivity index (χ0v) is 15.9. The predicted octanol–water partition coefficient (Wildman–Crippen LogP) is 2.71. The second-order valence-electron chi connectivity index (χ2n) is 5.85. The lowest BCUT2D eigenvalue weighted by molar-refractivity contribution is -0.137. The zero-order valence-electron chi connectivity index (χ0n) is 15.0. The molecule has 1 aromatic heterocycles. The van der Waals surface area contributed by atoms with E-state index in [9.17, 15) is 22.8 Å². The van der Waals surface area contributed by atoms with E-state index in [1.54, 1.807) is 24.3 Å². The number of carbonyl (C=O) groups is 1. The fourth-order valence-electron chi connectivity index (χ4n) is 2.58. The highest BCUT2D eigenvalue weighted by molar-refractivity contribution is 7.07. The topological polar surface area (TPSA) is 71.2 Å². The van der Waals surface area contributed by atoms with Crippen LogP contribution in [0, 0.1) is 0 Å². The fourth-order valence-corrected chi connectivity index (χ4v) is 3.46. The van der Waals surface area contributed by atoms with Crippen LogP contribution < -0.4 is 24.8 Å². The smallest absolute Gasteiger partial charge is 0.416 e. The molecule has 0 saturated heterocycles. The number of halogens is 3. The highest BCUT2D eigenvalue weighted by atomic mass is 32.1. The zero-order chi connectivity index (χ0) is 21.0. The van der Waals surface area contributed by atoms with E-state index >= 15 is 0 Å². The number of nitrogens with one attached hydrogen (secondary N) is 2. The van der Waals surface area contributed by atoms with Gasteiger partial charge in [-0.15, -0.1) is 11.3 Å². The van der Waals surface area contributed by atoms with E-state index in [0.717, 1.165) is 29.6 Å². The molecule has 0 saturated carbocycles. The van der Waals surface area contributed by atoms with E-state index in [1.807, 2.05) is 0 Å². The number of alkyl halides is 3. The lowest BCUT2D eigenvalue weighted by atomic mass is 10.1. The Morgan fingerprint density at radius 3 is 2.55 bits per heavy atom. The molecule has 3 aromatic rings. The Hall–Kier alpha value is -3.33. The van der Waals surface area contributed by atoms with Crippen LogP contribution in [0.15, 0.2) is 53.3 Å². The maximum atomic E-state index is 13.1. The van der Waals surface area contributed by atoms with Gasteiger partial charge < -0.3 is 15.0 Å². The summed E-state index contributed by atoms with van der Waals surface area (Å²) in [7, 11) is 1.46. The van der Waals surface area contributed by atoms with Gasteiger partial charge in [0, 0.05) is 6.08 Å². The molecular weight excluding hydrogens is 405 g/mol. The number of H-pyrrole nitrogens is 1. The highest BCUT2D eigenvalue weighted by Gasteiger charge is 2.32. The molecule has 5 nitrogen and oxygen atoms in total. The van der Waals surface area contributed by atoms with Crippen molar-refractivity contribution in [3.8, 4) is 5.75 Å². The molecule has 2 aromatic carbocycles. The second kappa shape index (κ2) is 8.36. The van der Waals surface area contributed by atoms with Gasteiger partial charge in [-0.3, -0.25) is 9.59 Å². The molecule has 0 unspecified atom stereocenters. The minimum absolute atomic E-state index is 0.0537. The van der Waals surface area contributed by atoms with Gasteiger partial charge >= 0.3 is 6.18 Å². The molecule has 1 heterocycles. The van der Waals surface area contributed by atoms with Crippen molar-refractivity contribution in [2.45, 2.75) is 6.18 Å². The van der Waals surface area contributed by atoms with Crippen LogP contribution in [-0.4, -0.2) is 18.0 Å². The van der Waals surface area contributed by atoms with Gasteiger partial charge in [0.25, 0.3) is 11.5 Å². The van der Waals surface area contributed by atoms with Gasteiger partial charge in [0.05, 0.1) is 22.9 Å². The number of rotatable bonds is 4. The Morgan fingerprint density at radius 1 is 1.14 bits per heavy atom. The minimum Gasteiger partial charge on any atom is -0.495 e. The predicted molar refractivity (Wildman–Crippen MR) is 105 cm³/mol. The Bertz CT molecular complexity index is 1210. The molecule has 0 aliphatic heterocycles. The minimum atomic E-state index is -4.54. The monoisotopic (exact) mass is 420 g/mol. The number of hydrogen-bond donors (Lipinski definition) is 2. The first-order valence-corrected chi connectivity index (χ1v) is 9.12. The molecule has 3 rings (SSSR count). The summed E-state index contributed by atoms with van der Waals surface area (Å²) in [4.78, 5) is 26.8. The molecule has 0 aliphatic carbocycles. The van der Waals surface area contributed by atoms with E-state index < -0.39 is 23.2 Å². The fraction of sp³-hybridized carbons (Fsp3) is 0.100. The number of thiazole rings is 1. The molecule has 0 bridgehead atoms. The summed E-state index contributed by atoms with van der Waals surface area (Å²) in [6.07, 6.45) is -2.23. The molecule has 1 amide bonds. The second-order valence-corrected chi connectivity index (χ2v) is 6.93. The van der Waals surface area contributed by atoms with Gasteiger partial charge in [-0.05, 0) is 29.8 Å². The average molecular weight is 420 g/mol. The SMILES string of the molecule is COc1ccccc1NC(=O)C=c1[nH]c(=O)c(=Cc2ccccc2C(F)(F)F)s1. The summed E-state index contributed by atoms with van der Waals surface area (Å²) >= 11 is 0.884. The normalized spacial score (nSPS) is 12.8. The van der Waals surface area contributed by atoms with E-state index in [2.05, 4.69) is 10.3 Å². The number of ether oxygens (including phenoxy) is 1. The first-order chi connectivity index (χ1) is 13.8. The number of para-hydroxylation sites is 2. The molecular formula is C20H15F3N2O3S. The Balaban J connectivity index is 1.94. The number of amides is 1. The maximum Gasteiger partial charge on any atom is 0.416 e. The molecule has 9 heteroatoms. The number of aromatic amines is 1. The number of carbonyl (C=O) groups excluding carboxylic acids is 1. The van der Waals surface area contributed by atoms with Gasteiger partial charge in [0.2, 0.25) is 0 Å². The van der Waals surface area contributed by atoms with Crippen LogP contribution in [0.3, 0.4) is 0 Å². The van der Waals surface area contributed by atoms with Crippen molar-refractivity contribution < 1.29 is 22.7 Å².